The largest absolute Gasteiger partial charge is 0.459 e. The van der Waals surface area contributed by atoms with Crippen molar-refractivity contribution in [1.29, 1.82) is 0 Å². The number of furan rings is 1. The molecule has 2 saturated heterocycles. The number of hydrogen-bond donors (Lipinski definition) is 0. The van der Waals surface area contributed by atoms with Crippen LogP contribution in [0.4, 0.5) is 0 Å². The van der Waals surface area contributed by atoms with E-state index >= 15 is 0 Å². The Kier molecular flexibility index (Phi) is 2.61. The molecule has 4 rings (SSSR count). The van der Waals surface area contributed by atoms with E-state index in [2.05, 4.69) is 10.3 Å². The maximum atomic E-state index is 12.5. The van der Waals surface area contributed by atoms with E-state index in [1.807, 2.05) is 15.8 Å². The van der Waals surface area contributed by atoms with E-state index in [1.165, 1.54) is 0 Å². The van der Waals surface area contributed by atoms with E-state index in [0.717, 1.165) is 25.7 Å². The first-order valence-electron chi connectivity index (χ1n) is 7.05. The number of aromatic nitrogens is 3. The lowest BCUT2D eigenvalue weighted by molar-refractivity contribution is 0.0491. The highest BCUT2D eigenvalue weighted by Crippen LogP contribution is 2.41. The standard InChI is InChI=1S/C14H16N4O2/c19-14(13-2-1-7-20-13)18-10-3-4-11(18)9-12(8-10)17-6-5-15-16-17/h1-2,5-7,10-12H,3-4,8-9H2. The summed E-state index contributed by atoms with van der Waals surface area (Å²) in [5.41, 5.74) is 0. The highest BCUT2D eigenvalue weighted by atomic mass is 16.3. The predicted molar refractivity (Wildman–Crippen MR) is 70.0 cm³/mol. The molecule has 2 bridgehead atoms. The fourth-order valence-corrected chi connectivity index (χ4v) is 3.64. The molecule has 6 nitrogen and oxygen atoms in total. The van der Waals surface area contributed by atoms with Gasteiger partial charge < -0.3 is 9.32 Å². The zero-order chi connectivity index (χ0) is 13.5. The van der Waals surface area contributed by atoms with Gasteiger partial charge in [-0.2, -0.15) is 0 Å². The number of carbonyl (C=O) groups excluding carboxylic acids is 1. The van der Waals surface area contributed by atoms with Gasteiger partial charge in [-0.15, -0.1) is 5.10 Å². The summed E-state index contributed by atoms with van der Waals surface area (Å²) < 4.78 is 7.18. The second-order valence-electron chi connectivity index (χ2n) is 5.58. The van der Waals surface area contributed by atoms with E-state index in [4.69, 9.17) is 4.42 Å². The average Bonchev–Trinajstić information content (AvgIpc) is 3.18. The van der Waals surface area contributed by atoms with Crippen molar-refractivity contribution >= 4 is 5.91 Å². The number of fused-ring (bicyclic) bond motifs is 2. The molecule has 1 amide bonds. The molecule has 2 fully saturated rings. The Balaban J connectivity index is 1.56. The van der Waals surface area contributed by atoms with Crippen molar-refractivity contribution in [3.63, 3.8) is 0 Å². The van der Waals surface area contributed by atoms with Crippen molar-refractivity contribution in [3.8, 4) is 0 Å². The molecule has 2 atom stereocenters. The highest BCUT2D eigenvalue weighted by Gasteiger charge is 2.44. The lowest BCUT2D eigenvalue weighted by Crippen LogP contribution is -2.46. The van der Waals surface area contributed by atoms with Gasteiger partial charge in [0.15, 0.2) is 5.76 Å². The van der Waals surface area contributed by atoms with Gasteiger partial charge in [-0.25, -0.2) is 4.68 Å². The summed E-state index contributed by atoms with van der Waals surface area (Å²) in [6.07, 6.45) is 9.22. The Morgan fingerprint density at radius 3 is 2.65 bits per heavy atom. The number of nitrogens with zero attached hydrogens (tertiary/aromatic N) is 4. The second kappa shape index (κ2) is 4.47. The fraction of sp³-hybridized carbons (Fsp3) is 0.500. The third-order valence-electron chi connectivity index (χ3n) is 4.49. The van der Waals surface area contributed by atoms with Gasteiger partial charge in [0.2, 0.25) is 0 Å². The van der Waals surface area contributed by atoms with Gasteiger partial charge in [-0.1, -0.05) is 5.21 Å². The Morgan fingerprint density at radius 1 is 1.25 bits per heavy atom. The van der Waals surface area contributed by atoms with Crippen LogP contribution < -0.4 is 0 Å². The maximum Gasteiger partial charge on any atom is 0.290 e. The summed E-state index contributed by atoms with van der Waals surface area (Å²) in [7, 11) is 0. The van der Waals surface area contributed by atoms with Gasteiger partial charge in [0.1, 0.15) is 0 Å². The molecule has 0 N–H and O–H groups in total. The Hall–Kier alpha value is -2.11. The van der Waals surface area contributed by atoms with E-state index in [9.17, 15) is 4.79 Å². The topological polar surface area (TPSA) is 64.2 Å². The summed E-state index contributed by atoms with van der Waals surface area (Å²) in [6, 6.07) is 4.44. The third-order valence-corrected chi connectivity index (χ3v) is 4.49. The molecule has 0 saturated carbocycles. The third kappa shape index (κ3) is 1.75. The van der Waals surface area contributed by atoms with Crippen LogP contribution in [0.5, 0.6) is 0 Å². The summed E-state index contributed by atoms with van der Waals surface area (Å²) in [6.45, 7) is 0. The minimum Gasteiger partial charge on any atom is -0.459 e. The summed E-state index contributed by atoms with van der Waals surface area (Å²) >= 11 is 0. The molecule has 0 radical (unpaired) electrons. The van der Waals surface area contributed by atoms with Gasteiger partial charge in [-0.3, -0.25) is 4.79 Å². The molecule has 0 spiro atoms. The van der Waals surface area contributed by atoms with Crippen molar-refractivity contribution in [2.45, 2.75) is 43.8 Å². The number of hydrogen-bond acceptors (Lipinski definition) is 4. The molecular formula is C14H16N4O2. The SMILES string of the molecule is O=C(c1ccco1)N1C2CCC1CC(n1ccnn1)C2. The van der Waals surface area contributed by atoms with Crippen LogP contribution in [0.3, 0.4) is 0 Å². The smallest absolute Gasteiger partial charge is 0.290 e. The van der Waals surface area contributed by atoms with Gasteiger partial charge in [-0.05, 0) is 37.8 Å². The quantitative estimate of drug-likeness (QED) is 0.837. The molecule has 0 aliphatic carbocycles. The molecule has 104 valence electrons. The number of carbonyl (C=O) groups is 1. The van der Waals surface area contributed by atoms with Gasteiger partial charge >= 0.3 is 0 Å². The maximum absolute atomic E-state index is 12.5. The van der Waals surface area contributed by atoms with Crippen LogP contribution in [-0.2, 0) is 0 Å². The Labute approximate surface area is 116 Å². The van der Waals surface area contributed by atoms with E-state index in [-0.39, 0.29) is 5.91 Å². The van der Waals surface area contributed by atoms with Crippen molar-refractivity contribution in [2.75, 3.05) is 0 Å². The molecule has 20 heavy (non-hydrogen) atoms. The van der Waals surface area contributed by atoms with E-state index < -0.39 is 0 Å². The van der Waals surface area contributed by atoms with Crippen LogP contribution in [0.15, 0.2) is 35.2 Å². The molecular weight excluding hydrogens is 256 g/mol. The number of piperidine rings is 1. The first-order chi connectivity index (χ1) is 9.83. The van der Waals surface area contributed by atoms with Gasteiger partial charge in [0.05, 0.1) is 18.5 Å². The Bertz CT molecular complexity index is 579. The fourth-order valence-electron chi connectivity index (χ4n) is 3.64. The summed E-state index contributed by atoms with van der Waals surface area (Å²) in [4.78, 5) is 14.5. The van der Waals surface area contributed by atoms with Crippen LogP contribution >= 0.6 is 0 Å². The molecule has 2 aromatic heterocycles. The van der Waals surface area contributed by atoms with Crippen LogP contribution in [0, 0.1) is 0 Å². The first kappa shape index (κ1) is 11.7. The van der Waals surface area contributed by atoms with Crippen molar-refractivity contribution < 1.29 is 9.21 Å². The molecule has 0 aromatic carbocycles. The summed E-state index contributed by atoms with van der Waals surface area (Å²) in [5, 5.41) is 7.98. The average molecular weight is 272 g/mol. The van der Waals surface area contributed by atoms with Crippen molar-refractivity contribution in [1.82, 2.24) is 19.9 Å². The zero-order valence-electron chi connectivity index (χ0n) is 11.1. The zero-order valence-corrected chi connectivity index (χ0v) is 11.1. The monoisotopic (exact) mass is 272 g/mol. The molecule has 6 heteroatoms. The lowest BCUT2D eigenvalue weighted by atomic mass is 9.97. The Morgan fingerprint density at radius 2 is 2.05 bits per heavy atom. The molecule has 2 aromatic rings. The van der Waals surface area contributed by atoms with Gasteiger partial charge in [0, 0.05) is 18.3 Å². The molecule has 2 unspecified atom stereocenters. The van der Waals surface area contributed by atoms with Gasteiger partial charge in [0.25, 0.3) is 5.91 Å². The first-order valence-corrected chi connectivity index (χ1v) is 7.05. The summed E-state index contributed by atoms with van der Waals surface area (Å²) in [5.74, 6) is 0.473. The van der Waals surface area contributed by atoms with Crippen LogP contribution in [0.25, 0.3) is 0 Å². The molecule has 4 heterocycles. The normalized spacial score (nSPS) is 28.8. The van der Waals surface area contributed by atoms with E-state index in [0.29, 0.717) is 23.9 Å². The molecule has 2 aliphatic rings. The number of rotatable bonds is 2. The van der Waals surface area contributed by atoms with Crippen LogP contribution in [-0.4, -0.2) is 37.9 Å². The van der Waals surface area contributed by atoms with Crippen molar-refractivity contribution in [2.24, 2.45) is 0 Å². The van der Waals surface area contributed by atoms with E-state index in [1.54, 1.807) is 24.6 Å². The second-order valence-corrected chi connectivity index (χ2v) is 5.58. The van der Waals surface area contributed by atoms with Crippen LogP contribution in [0.1, 0.15) is 42.3 Å². The minimum atomic E-state index is 0.0274. The lowest BCUT2D eigenvalue weighted by Gasteiger charge is -2.38. The predicted octanol–water partition coefficient (Wildman–Crippen LogP) is 1.88. The highest BCUT2D eigenvalue weighted by molar-refractivity contribution is 5.92. The van der Waals surface area contributed by atoms with Crippen LogP contribution in [0.2, 0.25) is 0 Å². The van der Waals surface area contributed by atoms with Crippen molar-refractivity contribution in [3.05, 3.63) is 36.5 Å². The molecule has 2 aliphatic heterocycles. The minimum absolute atomic E-state index is 0.0274. The number of amides is 1.